The van der Waals surface area contributed by atoms with Crippen molar-refractivity contribution >= 4 is 23.6 Å². The van der Waals surface area contributed by atoms with E-state index in [0.29, 0.717) is 5.75 Å². The summed E-state index contributed by atoms with van der Waals surface area (Å²) in [5.41, 5.74) is 2.44. The van der Waals surface area contributed by atoms with E-state index in [9.17, 15) is 4.79 Å². The van der Waals surface area contributed by atoms with E-state index in [1.54, 1.807) is 24.2 Å². The van der Waals surface area contributed by atoms with Crippen LogP contribution in [0.5, 0.6) is 0 Å². The molecule has 1 atom stereocenters. The molecule has 0 saturated carbocycles. The van der Waals surface area contributed by atoms with Crippen LogP contribution in [-0.4, -0.2) is 40.8 Å². The zero-order valence-electron chi connectivity index (χ0n) is 14.7. The molecular formula is C19H24N4OS. The lowest BCUT2D eigenvalue weighted by molar-refractivity contribution is -0.119. The van der Waals surface area contributed by atoms with E-state index in [4.69, 9.17) is 0 Å². The van der Waals surface area contributed by atoms with Crippen LogP contribution in [0.3, 0.4) is 0 Å². The van der Waals surface area contributed by atoms with Gasteiger partial charge in [0.25, 0.3) is 0 Å². The van der Waals surface area contributed by atoms with Gasteiger partial charge in [-0.1, -0.05) is 17.7 Å². The Morgan fingerprint density at radius 1 is 1.32 bits per heavy atom. The second-order valence-corrected chi connectivity index (χ2v) is 7.48. The number of piperidine rings is 1. The van der Waals surface area contributed by atoms with Crippen molar-refractivity contribution in [2.45, 2.75) is 37.6 Å². The van der Waals surface area contributed by atoms with Crippen molar-refractivity contribution in [2.75, 3.05) is 23.7 Å². The summed E-state index contributed by atoms with van der Waals surface area (Å²) in [4.78, 5) is 24.3. The first-order valence-electron chi connectivity index (χ1n) is 8.63. The maximum atomic E-state index is 12.3. The van der Waals surface area contributed by atoms with Crippen LogP contribution < -0.4 is 10.2 Å². The summed E-state index contributed by atoms with van der Waals surface area (Å²) < 4.78 is 0. The summed E-state index contributed by atoms with van der Waals surface area (Å²) in [6.07, 6.45) is 5.55. The molecule has 1 aliphatic heterocycles. The zero-order valence-corrected chi connectivity index (χ0v) is 15.6. The number of anilines is 1. The Labute approximate surface area is 153 Å². The number of rotatable bonds is 5. The van der Waals surface area contributed by atoms with Gasteiger partial charge in [0.1, 0.15) is 0 Å². The smallest absolute Gasteiger partial charge is 0.230 e. The van der Waals surface area contributed by atoms with Crippen molar-refractivity contribution in [1.82, 2.24) is 15.3 Å². The van der Waals surface area contributed by atoms with Crippen LogP contribution in [0.25, 0.3) is 0 Å². The third-order valence-electron chi connectivity index (χ3n) is 4.32. The largest absolute Gasteiger partial charge is 0.351 e. The van der Waals surface area contributed by atoms with Crippen LogP contribution in [-0.2, 0) is 4.79 Å². The van der Waals surface area contributed by atoms with E-state index < -0.39 is 0 Å². The standard InChI is InChI=1S/C19H24N4OS/c1-14-6-7-15(2)17(11-14)25-13-18(24)22-16-5-3-10-23(12-16)19-20-8-4-9-21-19/h4,6-9,11,16H,3,5,10,12-13H2,1-2H3,(H,22,24). The molecule has 0 radical (unpaired) electrons. The highest BCUT2D eigenvalue weighted by molar-refractivity contribution is 8.00. The molecule has 6 heteroatoms. The van der Waals surface area contributed by atoms with Gasteiger partial charge in [-0.3, -0.25) is 4.79 Å². The molecule has 1 aliphatic rings. The molecule has 0 spiro atoms. The molecule has 2 aromatic rings. The highest BCUT2D eigenvalue weighted by Crippen LogP contribution is 2.23. The quantitative estimate of drug-likeness (QED) is 0.835. The molecule has 3 rings (SSSR count). The molecule has 1 aromatic carbocycles. The van der Waals surface area contributed by atoms with E-state index in [1.807, 2.05) is 6.07 Å². The number of nitrogens with one attached hydrogen (secondary N) is 1. The Kier molecular flexibility index (Phi) is 5.91. The first-order valence-corrected chi connectivity index (χ1v) is 9.62. The summed E-state index contributed by atoms with van der Waals surface area (Å²) in [6, 6.07) is 8.32. The highest BCUT2D eigenvalue weighted by Gasteiger charge is 2.22. The normalized spacial score (nSPS) is 17.4. The highest BCUT2D eigenvalue weighted by atomic mass is 32.2. The third-order valence-corrected chi connectivity index (χ3v) is 5.48. The molecule has 1 saturated heterocycles. The third kappa shape index (κ3) is 4.95. The molecule has 0 bridgehead atoms. The van der Waals surface area contributed by atoms with Gasteiger partial charge in [0.05, 0.1) is 5.75 Å². The number of nitrogens with zero attached hydrogens (tertiary/aromatic N) is 3. The van der Waals surface area contributed by atoms with E-state index in [2.05, 4.69) is 52.2 Å². The van der Waals surface area contributed by atoms with Gasteiger partial charge < -0.3 is 10.2 Å². The summed E-state index contributed by atoms with van der Waals surface area (Å²) in [5.74, 6) is 1.28. The number of hydrogen-bond acceptors (Lipinski definition) is 5. The van der Waals surface area contributed by atoms with Crippen molar-refractivity contribution < 1.29 is 4.79 Å². The molecule has 1 aromatic heterocycles. The number of thioether (sulfide) groups is 1. The molecule has 132 valence electrons. The average molecular weight is 356 g/mol. The Balaban J connectivity index is 1.51. The van der Waals surface area contributed by atoms with Gasteiger partial charge in [-0.25, -0.2) is 9.97 Å². The maximum absolute atomic E-state index is 12.3. The minimum absolute atomic E-state index is 0.0896. The second-order valence-electron chi connectivity index (χ2n) is 6.46. The average Bonchev–Trinajstić information content (AvgIpc) is 2.63. The summed E-state index contributed by atoms with van der Waals surface area (Å²) >= 11 is 1.60. The minimum atomic E-state index is 0.0896. The Morgan fingerprint density at radius 3 is 2.92 bits per heavy atom. The fourth-order valence-corrected chi connectivity index (χ4v) is 3.94. The molecule has 0 aliphatic carbocycles. The predicted molar refractivity (Wildman–Crippen MR) is 102 cm³/mol. The van der Waals surface area contributed by atoms with Gasteiger partial charge >= 0.3 is 0 Å². The number of amides is 1. The predicted octanol–water partition coefficient (Wildman–Crippen LogP) is 2.97. The molecule has 5 nitrogen and oxygen atoms in total. The Bertz CT molecular complexity index is 723. The molecule has 1 unspecified atom stereocenters. The first kappa shape index (κ1) is 17.7. The Hall–Kier alpha value is -2.08. The Morgan fingerprint density at radius 2 is 2.12 bits per heavy atom. The fraction of sp³-hybridized carbons (Fsp3) is 0.421. The van der Waals surface area contributed by atoms with Crippen molar-refractivity contribution in [3.63, 3.8) is 0 Å². The van der Waals surface area contributed by atoms with E-state index in [1.165, 1.54) is 16.0 Å². The lowest BCUT2D eigenvalue weighted by Gasteiger charge is -2.33. The summed E-state index contributed by atoms with van der Waals surface area (Å²) in [7, 11) is 0. The molecule has 2 heterocycles. The van der Waals surface area contributed by atoms with Crippen LogP contribution in [0.1, 0.15) is 24.0 Å². The molecule has 1 N–H and O–H groups in total. The van der Waals surface area contributed by atoms with E-state index in [-0.39, 0.29) is 11.9 Å². The molecule has 1 amide bonds. The van der Waals surface area contributed by atoms with Crippen molar-refractivity contribution in [3.8, 4) is 0 Å². The van der Waals surface area contributed by atoms with Crippen molar-refractivity contribution in [1.29, 1.82) is 0 Å². The van der Waals surface area contributed by atoms with E-state index >= 15 is 0 Å². The number of carbonyl (C=O) groups is 1. The topological polar surface area (TPSA) is 58.1 Å². The van der Waals surface area contributed by atoms with Crippen LogP contribution in [0.15, 0.2) is 41.6 Å². The fourth-order valence-electron chi connectivity index (χ4n) is 3.01. The first-order chi connectivity index (χ1) is 12.1. The lowest BCUT2D eigenvalue weighted by atomic mass is 10.1. The molecule has 1 fully saturated rings. The van der Waals surface area contributed by atoms with Gasteiger partial charge in [-0.2, -0.15) is 0 Å². The number of aromatic nitrogens is 2. The van der Waals surface area contributed by atoms with Crippen LogP contribution in [0.4, 0.5) is 5.95 Å². The van der Waals surface area contributed by atoms with Crippen molar-refractivity contribution in [2.24, 2.45) is 0 Å². The number of aryl methyl sites for hydroxylation is 2. The second kappa shape index (κ2) is 8.34. The minimum Gasteiger partial charge on any atom is -0.351 e. The number of benzene rings is 1. The van der Waals surface area contributed by atoms with Crippen molar-refractivity contribution in [3.05, 3.63) is 47.8 Å². The number of carbonyl (C=O) groups excluding carboxylic acids is 1. The van der Waals surface area contributed by atoms with E-state index in [0.717, 1.165) is 31.9 Å². The van der Waals surface area contributed by atoms with Gasteiger partial charge in [-0.15, -0.1) is 11.8 Å². The SMILES string of the molecule is Cc1ccc(C)c(SCC(=O)NC2CCCN(c3ncccn3)C2)c1. The number of hydrogen-bond donors (Lipinski definition) is 1. The van der Waals surface area contributed by atoms with Crippen LogP contribution in [0, 0.1) is 13.8 Å². The van der Waals surface area contributed by atoms with Crippen LogP contribution in [0.2, 0.25) is 0 Å². The maximum Gasteiger partial charge on any atom is 0.230 e. The summed E-state index contributed by atoms with van der Waals surface area (Å²) in [5, 5.41) is 3.17. The molecular weight excluding hydrogens is 332 g/mol. The zero-order chi connectivity index (χ0) is 17.6. The van der Waals surface area contributed by atoms with Gasteiger partial charge in [0.2, 0.25) is 11.9 Å². The van der Waals surface area contributed by atoms with Gasteiger partial charge in [-0.05, 0) is 44.4 Å². The van der Waals surface area contributed by atoms with Gasteiger partial charge in [0, 0.05) is 36.4 Å². The lowest BCUT2D eigenvalue weighted by Crippen LogP contribution is -2.48. The monoisotopic (exact) mass is 356 g/mol. The molecule has 25 heavy (non-hydrogen) atoms. The summed E-state index contributed by atoms with van der Waals surface area (Å²) in [6.45, 7) is 5.86. The van der Waals surface area contributed by atoms with Crippen LogP contribution >= 0.6 is 11.8 Å². The van der Waals surface area contributed by atoms with Gasteiger partial charge in [0.15, 0.2) is 0 Å².